The highest BCUT2D eigenvalue weighted by Crippen LogP contribution is 2.10. The van der Waals surface area contributed by atoms with E-state index in [-0.39, 0.29) is 5.56 Å². The fourth-order valence-electron chi connectivity index (χ4n) is 2.08. The minimum atomic E-state index is -0.157. The lowest BCUT2D eigenvalue weighted by Crippen LogP contribution is -2.24. The summed E-state index contributed by atoms with van der Waals surface area (Å²) in [6, 6.07) is 10.8. The summed E-state index contributed by atoms with van der Waals surface area (Å²) in [6.45, 7) is 2.78. The van der Waals surface area contributed by atoms with Gasteiger partial charge in [-0.2, -0.15) is 0 Å². The van der Waals surface area contributed by atoms with Crippen molar-refractivity contribution in [2.24, 2.45) is 0 Å². The minimum absolute atomic E-state index is 0.157. The third kappa shape index (κ3) is 2.74. The molecule has 1 aromatic carbocycles. The first-order valence-corrected chi connectivity index (χ1v) is 6.68. The first kappa shape index (κ1) is 13.2. The number of nitrogens with zero attached hydrogens (tertiary/aromatic N) is 4. The van der Waals surface area contributed by atoms with Gasteiger partial charge >= 0.3 is 0 Å². The highest BCUT2D eigenvalue weighted by molar-refractivity contribution is 5.76. The standard InChI is InChI=1S/C15H14N4O2/c1-2-21-14-9-11(7-8-16-14)10-19-15(20)12-5-3-4-6-13(12)17-18-19/h3-9H,2,10H2,1H3. The van der Waals surface area contributed by atoms with Gasteiger partial charge in [0.2, 0.25) is 5.88 Å². The number of hydrogen-bond donors (Lipinski definition) is 0. The second-order valence-corrected chi connectivity index (χ2v) is 4.50. The van der Waals surface area contributed by atoms with Crippen LogP contribution in [0.15, 0.2) is 47.4 Å². The van der Waals surface area contributed by atoms with E-state index in [1.165, 1.54) is 4.68 Å². The van der Waals surface area contributed by atoms with Crippen molar-refractivity contribution >= 4 is 10.9 Å². The Labute approximate surface area is 121 Å². The zero-order chi connectivity index (χ0) is 14.7. The molecule has 0 atom stereocenters. The average molecular weight is 282 g/mol. The van der Waals surface area contributed by atoms with Crippen LogP contribution in [-0.2, 0) is 6.54 Å². The predicted octanol–water partition coefficient (Wildman–Crippen LogP) is 1.63. The fraction of sp³-hybridized carbons (Fsp3) is 0.200. The molecule has 0 amide bonds. The molecule has 3 rings (SSSR count). The van der Waals surface area contributed by atoms with Gasteiger partial charge in [0.1, 0.15) is 5.52 Å². The van der Waals surface area contributed by atoms with Gasteiger partial charge in [-0.3, -0.25) is 4.79 Å². The smallest absolute Gasteiger partial charge is 0.277 e. The quantitative estimate of drug-likeness (QED) is 0.727. The Morgan fingerprint density at radius 3 is 2.95 bits per heavy atom. The molecule has 6 nitrogen and oxygen atoms in total. The average Bonchev–Trinajstić information content (AvgIpc) is 2.51. The Bertz CT molecular complexity index is 829. The highest BCUT2D eigenvalue weighted by atomic mass is 16.5. The van der Waals surface area contributed by atoms with Gasteiger partial charge in [-0.25, -0.2) is 9.67 Å². The van der Waals surface area contributed by atoms with E-state index < -0.39 is 0 Å². The zero-order valence-corrected chi connectivity index (χ0v) is 11.6. The molecule has 0 aliphatic carbocycles. The normalized spacial score (nSPS) is 10.7. The van der Waals surface area contributed by atoms with E-state index >= 15 is 0 Å². The summed E-state index contributed by atoms with van der Waals surface area (Å²) in [4.78, 5) is 16.5. The van der Waals surface area contributed by atoms with E-state index in [1.54, 1.807) is 24.4 Å². The zero-order valence-electron chi connectivity index (χ0n) is 11.6. The van der Waals surface area contributed by atoms with Crippen molar-refractivity contribution in [3.05, 3.63) is 58.5 Å². The van der Waals surface area contributed by atoms with Crippen LogP contribution in [0.4, 0.5) is 0 Å². The van der Waals surface area contributed by atoms with Crippen LogP contribution < -0.4 is 10.3 Å². The van der Waals surface area contributed by atoms with Crippen molar-refractivity contribution in [1.82, 2.24) is 20.0 Å². The lowest BCUT2D eigenvalue weighted by Gasteiger charge is -2.06. The van der Waals surface area contributed by atoms with Crippen molar-refractivity contribution in [2.75, 3.05) is 6.61 Å². The Morgan fingerprint density at radius 1 is 1.24 bits per heavy atom. The van der Waals surface area contributed by atoms with Crippen LogP contribution >= 0.6 is 0 Å². The first-order valence-electron chi connectivity index (χ1n) is 6.68. The van der Waals surface area contributed by atoms with Crippen LogP contribution in [0.1, 0.15) is 12.5 Å². The van der Waals surface area contributed by atoms with Crippen LogP contribution in [0.25, 0.3) is 10.9 Å². The van der Waals surface area contributed by atoms with E-state index in [0.29, 0.717) is 29.9 Å². The van der Waals surface area contributed by atoms with Gasteiger partial charge in [0.25, 0.3) is 5.56 Å². The molecule has 2 aromatic heterocycles. The SMILES string of the molecule is CCOc1cc(Cn2nnc3ccccc3c2=O)ccn1. The predicted molar refractivity (Wildman–Crippen MR) is 78.3 cm³/mol. The monoisotopic (exact) mass is 282 g/mol. The molecular weight excluding hydrogens is 268 g/mol. The minimum Gasteiger partial charge on any atom is -0.478 e. The summed E-state index contributed by atoms with van der Waals surface area (Å²) < 4.78 is 6.69. The van der Waals surface area contributed by atoms with E-state index in [1.807, 2.05) is 25.1 Å². The van der Waals surface area contributed by atoms with Gasteiger partial charge in [-0.15, -0.1) is 5.10 Å². The first-order chi connectivity index (χ1) is 10.3. The summed E-state index contributed by atoms with van der Waals surface area (Å²) in [5.74, 6) is 0.539. The van der Waals surface area contributed by atoms with Gasteiger partial charge in [-0.1, -0.05) is 17.3 Å². The summed E-state index contributed by atoms with van der Waals surface area (Å²) in [6.07, 6.45) is 1.65. The number of hydrogen-bond acceptors (Lipinski definition) is 5. The summed E-state index contributed by atoms with van der Waals surface area (Å²) in [7, 11) is 0. The van der Waals surface area contributed by atoms with E-state index in [4.69, 9.17) is 4.74 Å². The Balaban J connectivity index is 1.96. The van der Waals surface area contributed by atoms with Gasteiger partial charge in [-0.05, 0) is 30.7 Å². The maximum Gasteiger partial charge on any atom is 0.277 e. The Kier molecular flexibility index (Phi) is 3.59. The summed E-state index contributed by atoms with van der Waals surface area (Å²) in [5.41, 5.74) is 1.33. The molecule has 2 heterocycles. The molecule has 0 aliphatic heterocycles. The fourth-order valence-corrected chi connectivity index (χ4v) is 2.08. The lowest BCUT2D eigenvalue weighted by molar-refractivity contribution is 0.326. The molecule has 106 valence electrons. The molecule has 0 N–H and O–H groups in total. The lowest BCUT2D eigenvalue weighted by atomic mass is 10.2. The molecule has 21 heavy (non-hydrogen) atoms. The third-order valence-corrected chi connectivity index (χ3v) is 3.05. The molecule has 0 fully saturated rings. The molecule has 0 saturated heterocycles. The molecule has 0 saturated carbocycles. The molecule has 0 bridgehead atoms. The highest BCUT2D eigenvalue weighted by Gasteiger charge is 2.06. The van der Waals surface area contributed by atoms with Crippen LogP contribution in [0.3, 0.4) is 0 Å². The van der Waals surface area contributed by atoms with Crippen molar-refractivity contribution in [1.29, 1.82) is 0 Å². The van der Waals surface area contributed by atoms with Crippen molar-refractivity contribution in [2.45, 2.75) is 13.5 Å². The second-order valence-electron chi connectivity index (χ2n) is 4.50. The topological polar surface area (TPSA) is 69.9 Å². The van der Waals surface area contributed by atoms with Crippen molar-refractivity contribution in [3.63, 3.8) is 0 Å². The van der Waals surface area contributed by atoms with Crippen LogP contribution in [0.2, 0.25) is 0 Å². The molecular formula is C15H14N4O2. The largest absolute Gasteiger partial charge is 0.478 e. The number of aromatic nitrogens is 4. The number of benzene rings is 1. The third-order valence-electron chi connectivity index (χ3n) is 3.05. The molecule has 0 spiro atoms. The molecule has 6 heteroatoms. The van der Waals surface area contributed by atoms with Crippen LogP contribution in [0.5, 0.6) is 5.88 Å². The van der Waals surface area contributed by atoms with Crippen molar-refractivity contribution < 1.29 is 4.74 Å². The van der Waals surface area contributed by atoms with E-state index in [2.05, 4.69) is 15.3 Å². The van der Waals surface area contributed by atoms with Crippen molar-refractivity contribution in [3.8, 4) is 5.88 Å². The second kappa shape index (κ2) is 5.70. The molecule has 3 aromatic rings. The van der Waals surface area contributed by atoms with E-state index in [9.17, 15) is 4.79 Å². The van der Waals surface area contributed by atoms with Gasteiger partial charge < -0.3 is 4.74 Å². The number of ether oxygens (including phenoxy) is 1. The molecule has 0 unspecified atom stereocenters. The Morgan fingerprint density at radius 2 is 2.10 bits per heavy atom. The van der Waals surface area contributed by atoms with Crippen LogP contribution in [0, 0.1) is 0 Å². The maximum absolute atomic E-state index is 12.4. The molecule has 0 aliphatic rings. The Hall–Kier alpha value is -2.76. The summed E-state index contributed by atoms with van der Waals surface area (Å²) >= 11 is 0. The number of fused-ring (bicyclic) bond motifs is 1. The van der Waals surface area contributed by atoms with Gasteiger partial charge in [0.15, 0.2) is 0 Å². The summed E-state index contributed by atoms with van der Waals surface area (Å²) in [5, 5.41) is 8.59. The van der Waals surface area contributed by atoms with Crippen LogP contribution in [-0.4, -0.2) is 26.6 Å². The molecule has 0 radical (unpaired) electrons. The number of pyridine rings is 1. The van der Waals surface area contributed by atoms with Gasteiger partial charge in [0.05, 0.1) is 18.5 Å². The van der Waals surface area contributed by atoms with Gasteiger partial charge in [0, 0.05) is 12.3 Å². The number of rotatable bonds is 4. The maximum atomic E-state index is 12.4. The van der Waals surface area contributed by atoms with E-state index in [0.717, 1.165) is 5.56 Å².